The van der Waals surface area contributed by atoms with E-state index in [4.69, 9.17) is 21.1 Å². The van der Waals surface area contributed by atoms with Crippen molar-refractivity contribution < 1.29 is 27.5 Å². The minimum Gasteiger partial charge on any atom is -0.493 e. The minimum atomic E-state index is -3.62. The van der Waals surface area contributed by atoms with E-state index in [9.17, 15) is 18.0 Å². The zero-order chi connectivity index (χ0) is 30.0. The van der Waals surface area contributed by atoms with Crippen LogP contribution in [0.1, 0.15) is 16.7 Å². The molecule has 2 amide bonds. The van der Waals surface area contributed by atoms with Crippen LogP contribution in [0.2, 0.25) is 5.02 Å². The van der Waals surface area contributed by atoms with Gasteiger partial charge in [0.25, 0.3) is 0 Å². The van der Waals surface area contributed by atoms with Crippen LogP contribution in [0.4, 0.5) is 0 Å². The third kappa shape index (κ3) is 9.48. The first-order valence-corrected chi connectivity index (χ1v) is 15.2. The van der Waals surface area contributed by atoms with E-state index >= 15 is 0 Å². The van der Waals surface area contributed by atoms with Crippen LogP contribution in [0.5, 0.6) is 11.5 Å². The SMILES string of the molecule is COc1ccc(CCNC(=O)[C@H](Cc2ccccc2)N(Cc2ccc(Cl)cc2)C(=O)CN(C)S(C)(=O)=O)cc1OC. The summed E-state index contributed by atoms with van der Waals surface area (Å²) in [6, 6.07) is 21.0. The zero-order valence-electron chi connectivity index (χ0n) is 23.7. The number of rotatable bonds is 14. The van der Waals surface area contributed by atoms with Crippen LogP contribution >= 0.6 is 11.6 Å². The second-order valence-corrected chi connectivity index (χ2v) is 12.1. The molecule has 11 heteroatoms. The molecule has 0 heterocycles. The first-order chi connectivity index (χ1) is 19.5. The number of carbonyl (C=O) groups is 2. The second kappa shape index (κ2) is 14.9. The van der Waals surface area contributed by atoms with Gasteiger partial charge in [0, 0.05) is 31.6 Å². The fourth-order valence-electron chi connectivity index (χ4n) is 4.22. The lowest BCUT2D eigenvalue weighted by Crippen LogP contribution is -2.53. The Morgan fingerprint density at radius 2 is 1.54 bits per heavy atom. The van der Waals surface area contributed by atoms with Gasteiger partial charge in [-0.2, -0.15) is 4.31 Å². The molecule has 0 aliphatic rings. The van der Waals surface area contributed by atoms with Crippen molar-refractivity contribution in [2.24, 2.45) is 0 Å². The summed E-state index contributed by atoms with van der Waals surface area (Å²) in [6.45, 7) is -0.00331. The molecule has 0 radical (unpaired) electrons. The number of halogens is 1. The lowest BCUT2D eigenvalue weighted by molar-refractivity contribution is -0.141. The highest BCUT2D eigenvalue weighted by atomic mass is 35.5. The first kappa shape index (κ1) is 31.9. The quantitative estimate of drug-likeness (QED) is 0.303. The van der Waals surface area contributed by atoms with Crippen LogP contribution in [0.15, 0.2) is 72.8 Å². The Labute approximate surface area is 247 Å². The molecule has 1 atom stereocenters. The molecule has 9 nitrogen and oxygen atoms in total. The third-order valence-corrected chi connectivity index (χ3v) is 8.14. The van der Waals surface area contributed by atoms with E-state index in [2.05, 4.69) is 5.32 Å². The fourth-order valence-corrected chi connectivity index (χ4v) is 4.69. The number of amides is 2. The highest BCUT2D eigenvalue weighted by Crippen LogP contribution is 2.27. The van der Waals surface area contributed by atoms with Crippen molar-refractivity contribution in [3.8, 4) is 11.5 Å². The molecular weight excluding hydrogens is 566 g/mol. The minimum absolute atomic E-state index is 0.0915. The Morgan fingerprint density at radius 3 is 2.15 bits per heavy atom. The molecule has 0 saturated heterocycles. The molecular formula is C30H36ClN3O6S. The van der Waals surface area contributed by atoms with Gasteiger partial charge >= 0.3 is 0 Å². The summed E-state index contributed by atoms with van der Waals surface area (Å²) in [5, 5.41) is 3.51. The Bertz CT molecular complexity index is 1420. The van der Waals surface area contributed by atoms with Crippen molar-refractivity contribution in [2.45, 2.75) is 25.4 Å². The predicted molar refractivity (Wildman–Crippen MR) is 160 cm³/mol. The normalized spacial score (nSPS) is 12.0. The monoisotopic (exact) mass is 601 g/mol. The number of ether oxygens (including phenoxy) is 2. The van der Waals surface area contributed by atoms with E-state index < -0.39 is 28.5 Å². The van der Waals surface area contributed by atoms with E-state index in [0.717, 1.165) is 27.3 Å². The van der Waals surface area contributed by atoms with Crippen LogP contribution in [0.3, 0.4) is 0 Å². The number of benzene rings is 3. The Morgan fingerprint density at radius 1 is 0.902 bits per heavy atom. The first-order valence-electron chi connectivity index (χ1n) is 13.0. The fraction of sp³-hybridized carbons (Fsp3) is 0.333. The number of sulfonamides is 1. The largest absolute Gasteiger partial charge is 0.493 e. The van der Waals surface area contributed by atoms with Gasteiger partial charge in [0.15, 0.2) is 11.5 Å². The van der Waals surface area contributed by atoms with Gasteiger partial charge < -0.3 is 19.7 Å². The summed E-state index contributed by atoms with van der Waals surface area (Å²) < 4.78 is 35.8. The van der Waals surface area contributed by atoms with Crippen molar-refractivity contribution in [1.82, 2.24) is 14.5 Å². The van der Waals surface area contributed by atoms with Gasteiger partial charge in [-0.25, -0.2) is 8.42 Å². The van der Waals surface area contributed by atoms with Gasteiger partial charge in [0.05, 0.1) is 27.0 Å². The summed E-state index contributed by atoms with van der Waals surface area (Å²) in [5.41, 5.74) is 2.55. The molecule has 0 unspecified atom stereocenters. The smallest absolute Gasteiger partial charge is 0.243 e. The standard InChI is InChI=1S/C30H36ClN3O6S/c1-33(41(4,37)38)21-29(35)34(20-24-10-13-25(31)14-11-24)26(18-22-8-6-5-7-9-22)30(36)32-17-16-23-12-15-27(39-2)28(19-23)40-3/h5-15,19,26H,16-18,20-21H2,1-4H3,(H,32,36)/t26-/m0/s1. The van der Waals surface area contributed by atoms with E-state index in [1.165, 1.54) is 11.9 Å². The molecule has 0 bridgehead atoms. The topological polar surface area (TPSA) is 105 Å². The maximum atomic E-state index is 13.7. The molecule has 220 valence electrons. The van der Waals surface area contributed by atoms with Gasteiger partial charge in [0.2, 0.25) is 21.8 Å². The molecule has 0 aliphatic carbocycles. The predicted octanol–water partition coefficient (Wildman–Crippen LogP) is 3.55. The van der Waals surface area contributed by atoms with E-state index in [0.29, 0.717) is 29.5 Å². The van der Waals surface area contributed by atoms with E-state index in [-0.39, 0.29) is 18.9 Å². The highest BCUT2D eigenvalue weighted by Gasteiger charge is 2.31. The van der Waals surface area contributed by atoms with Crippen molar-refractivity contribution in [1.29, 1.82) is 0 Å². The molecule has 0 aromatic heterocycles. The Kier molecular flexibility index (Phi) is 11.6. The average molecular weight is 602 g/mol. The lowest BCUT2D eigenvalue weighted by Gasteiger charge is -2.32. The Hall–Kier alpha value is -3.60. The molecule has 0 spiro atoms. The molecule has 0 fully saturated rings. The van der Waals surface area contributed by atoms with Gasteiger partial charge in [-0.3, -0.25) is 9.59 Å². The Balaban J connectivity index is 1.88. The lowest BCUT2D eigenvalue weighted by atomic mass is 10.0. The molecule has 3 aromatic carbocycles. The van der Waals surface area contributed by atoms with Gasteiger partial charge in [-0.1, -0.05) is 60.1 Å². The van der Waals surface area contributed by atoms with Crippen molar-refractivity contribution in [3.63, 3.8) is 0 Å². The second-order valence-electron chi connectivity index (χ2n) is 9.60. The number of nitrogens with one attached hydrogen (secondary N) is 1. The summed E-state index contributed by atoms with van der Waals surface area (Å²) in [6.07, 6.45) is 1.79. The van der Waals surface area contributed by atoms with Crippen LogP contribution in [-0.2, 0) is 39.0 Å². The number of hydrogen-bond acceptors (Lipinski definition) is 6. The zero-order valence-corrected chi connectivity index (χ0v) is 25.2. The van der Waals surface area contributed by atoms with Gasteiger partial charge in [-0.05, 0) is 47.4 Å². The molecule has 1 N–H and O–H groups in total. The van der Waals surface area contributed by atoms with Gasteiger partial charge in [-0.15, -0.1) is 0 Å². The highest BCUT2D eigenvalue weighted by molar-refractivity contribution is 7.88. The van der Waals surface area contributed by atoms with Crippen molar-refractivity contribution >= 4 is 33.4 Å². The molecule has 41 heavy (non-hydrogen) atoms. The molecule has 3 rings (SSSR count). The average Bonchev–Trinajstić information content (AvgIpc) is 2.95. The summed E-state index contributed by atoms with van der Waals surface area (Å²) in [7, 11) is 0.840. The van der Waals surface area contributed by atoms with Gasteiger partial charge in [0.1, 0.15) is 6.04 Å². The van der Waals surface area contributed by atoms with Crippen LogP contribution < -0.4 is 14.8 Å². The van der Waals surface area contributed by atoms with Crippen LogP contribution in [0, 0.1) is 0 Å². The summed E-state index contributed by atoms with van der Waals surface area (Å²) in [4.78, 5) is 28.8. The number of likely N-dealkylation sites (N-methyl/N-ethyl adjacent to an activating group) is 1. The maximum Gasteiger partial charge on any atom is 0.243 e. The van der Waals surface area contributed by atoms with E-state index in [1.807, 2.05) is 42.5 Å². The number of nitrogens with zero attached hydrogens (tertiary/aromatic N) is 2. The summed E-state index contributed by atoms with van der Waals surface area (Å²) >= 11 is 6.06. The number of hydrogen-bond donors (Lipinski definition) is 1. The number of carbonyl (C=O) groups excluding carboxylic acids is 2. The number of methoxy groups -OCH3 is 2. The maximum absolute atomic E-state index is 13.7. The molecule has 0 aliphatic heterocycles. The van der Waals surface area contributed by atoms with Crippen LogP contribution in [0.25, 0.3) is 0 Å². The molecule has 0 saturated carbocycles. The molecule has 3 aromatic rings. The van der Waals surface area contributed by atoms with Crippen molar-refractivity contribution in [3.05, 3.63) is 94.5 Å². The summed E-state index contributed by atoms with van der Waals surface area (Å²) in [5.74, 6) is 0.356. The van der Waals surface area contributed by atoms with Crippen molar-refractivity contribution in [2.75, 3.05) is 40.6 Å². The van der Waals surface area contributed by atoms with E-state index in [1.54, 1.807) is 44.6 Å². The third-order valence-electron chi connectivity index (χ3n) is 6.62. The van der Waals surface area contributed by atoms with Crippen LogP contribution in [-0.4, -0.2) is 76.1 Å².